The maximum Gasteiger partial charge on any atom is 4.00 e. The van der Waals surface area contributed by atoms with Crippen LogP contribution in [0.3, 0.4) is 0 Å². The smallest absolute Gasteiger partial charge is 1.00 e. The van der Waals surface area contributed by atoms with Crippen LogP contribution >= 0.6 is 0 Å². The van der Waals surface area contributed by atoms with Gasteiger partial charge in [0, 0.05) is 6.42 Å². The van der Waals surface area contributed by atoms with Gasteiger partial charge in [0.1, 0.15) is 5.76 Å². The molecule has 0 N–H and O–H groups in total. The van der Waals surface area contributed by atoms with E-state index in [0.717, 1.165) is 17.9 Å². The molecule has 1 heterocycles. The molecule has 0 bridgehead atoms. The van der Waals surface area contributed by atoms with Gasteiger partial charge in [0.15, 0.2) is 0 Å². The molecular weight excluding hydrogens is 478 g/mol. The van der Waals surface area contributed by atoms with E-state index in [-0.39, 0.29) is 51.0 Å². The van der Waals surface area contributed by atoms with Gasteiger partial charge in [0.2, 0.25) is 0 Å². The average molecular weight is 511 g/mol. The van der Waals surface area contributed by atoms with E-state index in [9.17, 15) is 0 Å². The third kappa shape index (κ3) is 6.52. The van der Waals surface area contributed by atoms with Crippen molar-refractivity contribution in [3.63, 3.8) is 0 Å². The summed E-state index contributed by atoms with van der Waals surface area (Å²) in [6, 6.07) is 8.97. The molecule has 4 rings (SSSR count). The van der Waals surface area contributed by atoms with Gasteiger partial charge in [-0.3, -0.25) is 6.08 Å². The third-order valence-corrected chi connectivity index (χ3v) is 6.08. The first kappa shape index (κ1) is 28.6. The van der Waals surface area contributed by atoms with Gasteiger partial charge in [0.05, 0.1) is 5.76 Å². The summed E-state index contributed by atoms with van der Waals surface area (Å²) in [7, 11) is 0. The molecule has 156 valence electrons. The Balaban J connectivity index is 0.000000569. The maximum absolute atomic E-state index is 5.94. The van der Waals surface area contributed by atoms with Crippen LogP contribution < -0.4 is 24.8 Å². The van der Waals surface area contributed by atoms with Crippen molar-refractivity contribution in [2.45, 2.75) is 73.1 Å². The van der Waals surface area contributed by atoms with Crippen molar-refractivity contribution in [2.75, 3.05) is 0 Å². The number of allylic oxidation sites excluding steroid dienone is 4. The molecule has 2 aliphatic carbocycles. The van der Waals surface area contributed by atoms with E-state index < -0.39 is 0 Å². The molecule has 0 radical (unpaired) electrons. The number of fused-ring (bicyclic) bond motifs is 1. The van der Waals surface area contributed by atoms with Crippen LogP contribution in [0.4, 0.5) is 0 Å². The molecule has 2 unspecified atom stereocenters. The molecule has 2 atom stereocenters. The normalized spacial score (nSPS) is 19.7. The Morgan fingerprint density at radius 3 is 2.31 bits per heavy atom. The van der Waals surface area contributed by atoms with Crippen molar-refractivity contribution in [2.24, 2.45) is 5.92 Å². The second-order valence-corrected chi connectivity index (χ2v) is 7.91. The van der Waals surface area contributed by atoms with Crippen molar-refractivity contribution in [3.8, 4) is 0 Å². The van der Waals surface area contributed by atoms with Crippen LogP contribution in [0, 0.1) is 18.9 Å². The van der Waals surface area contributed by atoms with Gasteiger partial charge in [-0.15, -0.1) is 6.92 Å². The van der Waals surface area contributed by atoms with Crippen LogP contribution in [-0.2, 0) is 39.0 Å². The summed E-state index contributed by atoms with van der Waals surface area (Å²) in [5, 5.41) is 0. The zero-order chi connectivity index (χ0) is 18.8. The van der Waals surface area contributed by atoms with E-state index in [1.165, 1.54) is 52.7 Å². The molecule has 0 spiro atoms. The Kier molecular flexibility index (Phi) is 12.2. The van der Waals surface area contributed by atoms with Gasteiger partial charge in [-0.2, -0.15) is 33.9 Å². The van der Waals surface area contributed by atoms with Crippen molar-refractivity contribution >= 4 is 0 Å². The summed E-state index contributed by atoms with van der Waals surface area (Å²) in [4.78, 5) is 0. The van der Waals surface area contributed by atoms with Crippen molar-refractivity contribution in [1.82, 2.24) is 0 Å². The molecule has 0 aliphatic heterocycles. The van der Waals surface area contributed by atoms with Crippen LogP contribution in [0.5, 0.6) is 0 Å². The Morgan fingerprint density at radius 2 is 1.83 bits per heavy atom. The van der Waals surface area contributed by atoms with Crippen LogP contribution in [0.1, 0.15) is 81.6 Å². The van der Waals surface area contributed by atoms with Gasteiger partial charge in [-0.25, -0.2) is 11.6 Å². The SMILES string of the molecule is CC1=[C-]C(C)C(C)=C1C.CCc1ccc(C2CCCc3[cH-]c(C)cc32)o1.[Cl-].[Cl-].[Zr+4]. The molecule has 2 aromatic rings. The fraction of sp³-hybridized carbons (Fsp3) is 0.480. The first-order valence-corrected chi connectivity index (χ1v) is 10.0. The molecule has 0 saturated heterocycles. The first-order valence-electron chi connectivity index (χ1n) is 10.0. The summed E-state index contributed by atoms with van der Waals surface area (Å²) in [6.45, 7) is 13.0. The topological polar surface area (TPSA) is 13.1 Å². The molecule has 0 fully saturated rings. The summed E-state index contributed by atoms with van der Waals surface area (Å²) in [5.74, 6) is 3.32. The quantitative estimate of drug-likeness (QED) is 0.551. The summed E-state index contributed by atoms with van der Waals surface area (Å²) >= 11 is 0. The zero-order valence-electron chi connectivity index (χ0n) is 18.5. The standard InChI is InChI=1S/C16H19O.C9H13.2ClH.Zr/c1-3-13-7-8-16(17-13)14-6-4-5-12-9-11(2)10-15(12)14;1-6-5-7(2)9(4)8(6)3;;;/h7-10,14H,3-6H2,1-2H3;6H,1-4H3;2*1H;/q2*-1;;;+4/p-2. The van der Waals surface area contributed by atoms with Gasteiger partial charge in [-0.1, -0.05) is 59.8 Å². The summed E-state index contributed by atoms with van der Waals surface area (Å²) in [5.41, 5.74) is 8.68. The minimum Gasteiger partial charge on any atom is -1.00 e. The van der Waals surface area contributed by atoms with E-state index in [1.807, 2.05) is 0 Å². The molecule has 29 heavy (non-hydrogen) atoms. The average Bonchev–Trinajstić information content (AvgIpc) is 3.30. The Morgan fingerprint density at radius 1 is 1.14 bits per heavy atom. The van der Waals surface area contributed by atoms with Crippen molar-refractivity contribution in [3.05, 3.63) is 75.3 Å². The molecule has 1 aromatic carbocycles. The Hall–Kier alpha value is -0.427. The minimum absolute atomic E-state index is 0. The van der Waals surface area contributed by atoms with Crippen LogP contribution in [0.15, 0.2) is 45.4 Å². The van der Waals surface area contributed by atoms with Crippen LogP contribution in [0.25, 0.3) is 0 Å². The molecule has 0 amide bonds. The van der Waals surface area contributed by atoms with E-state index in [4.69, 9.17) is 4.42 Å². The number of rotatable bonds is 2. The number of hydrogen-bond donors (Lipinski definition) is 0. The maximum atomic E-state index is 5.94. The van der Waals surface area contributed by atoms with Gasteiger partial charge in [0.25, 0.3) is 0 Å². The number of furan rings is 1. The molecule has 0 saturated carbocycles. The van der Waals surface area contributed by atoms with Gasteiger partial charge < -0.3 is 29.2 Å². The monoisotopic (exact) mass is 508 g/mol. The Labute approximate surface area is 208 Å². The van der Waals surface area contributed by atoms with E-state index in [1.54, 1.807) is 0 Å². The molecule has 1 aromatic heterocycles. The molecule has 1 nitrogen and oxygen atoms in total. The van der Waals surface area contributed by atoms with Crippen molar-refractivity contribution in [1.29, 1.82) is 0 Å². The van der Waals surface area contributed by atoms with E-state index in [2.05, 4.69) is 71.9 Å². The van der Waals surface area contributed by atoms with Crippen LogP contribution in [0.2, 0.25) is 0 Å². The Bertz CT molecular complexity index is 841. The largest absolute Gasteiger partial charge is 4.00 e. The minimum atomic E-state index is 0. The van der Waals surface area contributed by atoms with E-state index >= 15 is 0 Å². The van der Waals surface area contributed by atoms with Gasteiger partial charge in [-0.05, 0) is 18.1 Å². The fourth-order valence-electron chi connectivity index (χ4n) is 4.16. The number of hydrogen-bond acceptors (Lipinski definition) is 1. The second-order valence-electron chi connectivity index (χ2n) is 7.91. The molecule has 4 heteroatoms. The number of aryl methyl sites for hydroxylation is 3. The third-order valence-electron chi connectivity index (χ3n) is 6.08. The second kappa shape index (κ2) is 12.4. The van der Waals surface area contributed by atoms with Gasteiger partial charge >= 0.3 is 26.2 Å². The summed E-state index contributed by atoms with van der Waals surface area (Å²) < 4.78 is 5.94. The fourth-order valence-corrected chi connectivity index (χ4v) is 4.16. The summed E-state index contributed by atoms with van der Waals surface area (Å²) in [6.07, 6.45) is 8.09. The van der Waals surface area contributed by atoms with Crippen LogP contribution in [-0.4, -0.2) is 0 Å². The number of halogens is 2. The molecule has 2 aliphatic rings. The first-order chi connectivity index (χ1) is 12.4. The van der Waals surface area contributed by atoms with Crippen molar-refractivity contribution < 1.29 is 55.4 Å². The zero-order valence-corrected chi connectivity index (χ0v) is 22.4. The predicted molar refractivity (Wildman–Crippen MR) is 110 cm³/mol. The predicted octanol–water partition coefficient (Wildman–Crippen LogP) is 1.07. The van der Waals surface area contributed by atoms with E-state index in [0.29, 0.717) is 11.8 Å². The molecular formula is C25H32Cl2OZr.